The fourth-order valence-corrected chi connectivity index (χ4v) is 6.61. The number of ether oxygens (including phenoxy) is 1. The fraction of sp³-hybridized carbons (Fsp3) is 0.355. The van der Waals surface area contributed by atoms with Gasteiger partial charge in [0.05, 0.1) is 11.1 Å². The summed E-state index contributed by atoms with van der Waals surface area (Å²) in [6, 6.07) is 13.0. The number of tetrazole rings is 1. The Morgan fingerprint density at radius 2 is 2.00 bits per heavy atom. The number of benzene rings is 2. The molecular formula is C31H31BrClN7O4. The number of rotatable bonds is 10. The van der Waals surface area contributed by atoms with Gasteiger partial charge < -0.3 is 18.6 Å². The number of hydrogen-bond acceptors (Lipinski definition) is 8. The third kappa shape index (κ3) is 5.63. The Balaban J connectivity index is 1.37. The van der Waals surface area contributed by atoms with Crippen molar-refractivity contribution < 1.29 is 18.7 Å². The predicted molar refractivity (Wildman–Crippen MR) is 168 cm³/mol. The first-order valence-corrected chi connectivity index (χ1v) is 15.8. The van der Waals surface area contributed by atoms with Gasteiger partial charge in [0, 0.05) is 36.0 Å². The molecule has 1 N–H and O–H groups in total. The Morgan fingerprint density at radius 1 is 1.18 bits per heavy atom. The molecule has 13 heteroatoms. The van der Waals surface area contributed by atoms with Crippen LogP contribution in [-0.4, -0.2) is 66.1 Å². The number of aryl methyl sites for hydroxylation is 1. The summed E-state index contributed by atoms with van der Waals surface area (Å²) in [5.41, 5.74) is 3.55. The largest absolute Gasteiger partial charge is 0.464 e. The van der Waals surface area contributed by atoms with Crippen molar-refractivity contribution in [3.05, 3.63) is 69.2 Å². The molecule has 0 aliphatic carbocycles. The van der Waals surface area contributed by atoms with Gasteiger partial charge in [0.15, 0.2) is 11.0 Å². The summed E-state index contributed by atoms with van der Waals surface area (Å²) in [6.45, 7) is 4.94. The standard InChI is InChI=1S/C31H31BrClN7O4/c1-3-5-12-24-34-28(33)26(30(41)39-15-8-11-22(39)31(42)43-4-2)40(24)17-18-13-14-23-21(16-18)25(32)27(44-23)19-9-6-7-10-20(19)29-35-37-38-36-29/h6-7,9-10,13-14,16,22H,3-5,8,11-12,15,17H2,1-2H3,(H,35,36,37,38). The summed E-state index contributed by atoms with van der Waals surface area (Å²) < 4.78 is 14.3. The smallest absolute Gasteiger partial charge is 0.328 e. The van der Waals surface area contributed by atoms with Gasteiger partial charge >= 0.3 is 5.97 Å². The molecule has 4 heterocycles. The molecule has 1 aliphatic rings. The summed E-state index contributed by atoms with van der Waals surface area (Å²) >= 11 is 10.4. The monoisotopic (exact) mass is 679 g/mol. The highest BCUT2D eigenvalue weighted by Crippen LogP contribution is 2.41. The second kappa shape index (κ2) is 12.9. The van der Waals surface area contributed by atoms with E-state index in [-0.39, 0.29) is 29.3 Å². The van der Waals surface area contributed by atoms with Gasteiger partial charge in [0.2, 0.25) is 0 Å². The van der Waals surface area contributed by atoms with Gasteiger partial charge in [-0.3, -0.25) is 4.79 Å². The van der Waals surface area contributed by atoms with E-state index in [1.807, 2.05) is 47.0 Å². The molecule has 5 aromatic rings. The van der Waals surface area contributed by atoms with Gasteiger partial charge in [0.1, 0.15) is 28.9 Å². The minimum atomic E-state index is -0.631. The number of hydrogen-bond donors (Lipinski definition) is 1. The number of halogens is 2. The van der Waals surface area contributed by atoms with Crippen molar-refractivity contribution >= 4 is 50.4 Å². The summed E-state index contributed by atoms with van der Waals surface area (Å²) in [4.78, 5) is 32.8. The SMILES string of the molecule is CCCCc1nc(Cl)c(C(=O)N2CCCC2C(=O)OCC)n1Cc1ccc2oc(-c3ccccc3-c3nnn[nH]3)c(Br)c2c1. The molecule has 1 amide bonds. The van der Waals surface area contributed by atoms with Crippen molar-refractivity contribution in [2.75, 3.05) is 13.2 Å². The molecule has 3 aromatic heterocycles. The van der Waals surface area contributed by atoms with Gasteiger partial charge in [-0.15, -0.1) is 5.10 Å². The lowest BCUT2D eigenvalue weighted by Crippen LogP contribution is -2.42. The third-order valence-electron chi connectivity index (χ3n) is 7.84. The van der Waals surface area contributed by atoms with Crippen molar-refractivity contribution in [2.45, 2.75) is 58.5 Å². The molecule has 1 saturated heterocycles. The number of unbranched alkanes of at least 4 members (excludes halogenated alkanes) is 1. The number of imidazole rings is 1. The zero-order valence-corrected chi connectivity index (χ0v) is 26.7. The van der Waals surface area contributed by atoms with Crippen LogP contribution < -0.4 is 0 Å². The first kappa shape index (κ1) is 30.0. The number of fused-ring (bicyclic) bond motifs is 1. The summed E-state index contributed by atoms with van der Waals surface area (Å²) in [5.74, 6) is 1.21. The van der Waals surface area contributed by atoms with Gasteiger partial charge in [-0.05, 0) is 70.2 Å². The zero-order chi connectivity index (χ0) is 30.8. The van der Waals surface area contributed by atoms with E-state index in [1.54, 1.807) is 11.8 Å². The third-order valence-corrected chi connectivity index (χ3v) is 8.89. The number of nitrogens with one attached hydrogen (secondary N) is 1. The molecule has 1 atom stereocenters. The second-order valence-corrected chi connectivity index (χ2v) is 11.8. The van der Waals surface area contributed by atoms with E-state index in [1.165, 1.54) is 0 Å². The highest BCUT2D eigenvalue weighted by Gasteiger charge is 2.38. The lowest BCUT2D eigenvalue weighted by Gasteiger charge is -2.24. The average Bonchev–Trinajstić information content (AvgIpc) is 3.84. The molecular weight excluding hydrogens is 650 g/mol. The quantitative estimate of drug-likeness (QED) is 0.167. The molecule has 0 bridgehead atoms. The highest BCUT2D eigenvalue weighted by molar-refractivity contribution is 9.10. The number of nitrogens with zero attached hydrogens (tertiary/aromatic N) is 6. The number of esters is 1. The maximum Gasteiger partial charge on any atom is 0.328 e. The van der Waals surface area contributed by atoms with Crippen molar-refractivity contribution in [2.24, 2.45) is 0 Å². The predicted octanol–water partition coefficient (Wildman–Crippen LogP) is 6.45. The van der Waals surface area contributed by atoms with Gasteiger partial charge in [-0.2, -0.15) is 0 Å². The molecule has 1 aliphatic heterocycles. The first-order chi connectivity index (χ1) is 21.4. The van der Waals surface area contributed by atoms with Crippen LogP contribution in [0.25, 0.3) is 33.7 Å². The number of aromatic amines is 1. The molecule has 0 spiro atoms. The number of aromatic nitrogens is 6. The zero-order valence-electron chi connectivity index (χ0n) is 24.3. The number of likely N-dealkylation sites (tertiary alicyclic amines) is 1. The lowest BCUT2D eigenvalue weighted by molar-refractivity contribution is -0.147. The van der Waals surface area contributed by atoms with Crippen LogP contribution >= 0.6 is 27.5 Å². The highest BCUT2D eigenvalue weighted by atomic mass is 79.9. The van der Waals surface area contributed by atoms with E-state index < -0.39 is 6.04 Å². The Labute approximate surface area is 267 Å². The summed E-state index contributed by atoms with van der Waals surface area (Å²) in [6.07, 6.45) is 3.80. The minimum absolute atomic E-state index is 0.141. The number of carbonyl (C=O) groups excluding carboxylic acids is 2. The van der Waals surface area contributed by atoms with Crippen LogP contribution in [-0.2, 0) is 22.5 Å². The van der Waals surface area contributed by atoms with Gasteiger partial charge in [-0.1, -0.05) is 55.3 Å². The molecule has 228 valence electrons. The van der Waals surface area contributed by atoms with E-state index in [9.17, 15) is 9.59 Å². The van der Waals surface area contributed by atoms with E-state index in [2.05, 4.69) is 48.5 Å². The van der Waals surface area contributed by atoms with E-state index in [0.29, 0.717) is 49.5 Å². The molecule has 2 aromatic carbocycles. The Hall–Kier alpha value is -4.03. The summed E-state index contributed by atoms with van der Waals surface area (Å²) in [5, 5.41) is 15.3. The van der Waals surface area contributed by atoms with Crippen molar-refractivity contribution in [1.82, 2.24) is 35.1 Å². The maximum atomic E-state index is 14.0. The van der Waals surface area contributed by atoms with E-state index in [0.717, 1.165) is 45.2 Å². The van der Waals surface area contributed by atoms with Crippen LogP contribution in [0, 0.1) is 0 Å². The Morgan fingerprint density at radius 3 is 2.75 bits per heavy atom. The average molecular weight is 681 g/mol. The van der Waals surface area contributed by atoms with Crippen molar-refractivity contribution in [1.29, 1.82) is 0 Å². The van der Waals surface area contributed by atoms with Gasteiger partial charge in [0.25, 0.3) is 5.91 Å². The van der Waals surface area contributed by atoms with Crippen LogP contribution in [0.1, 0.15) is 61.4 Å². The van der Waals surface area contributed by atoms with Crippen LogP contribution in [0.3, 0.4) is 0 Å². The van der Waals surface area contributed by atoms with E-state index >= 15 is 0 Å². The summed E-state index contributed by atoms with van der Waals surface area (Å²) in [7, 11) is 0. The van der Waals surface area contributed by atoms with Crippen LogP contribution in [0.2, 0.25) is 5.15 Å². The normalized spacial score (nSPS) is 14.9. The minimum Gasteiger partial charge on any atom is -0.464 e. The number of H-pyrrole nitrogens is 1. The molecule has 0 radical (unpaired) electrons. The Kier molecular flexibility index (Phi) is 8.81. The lowest BCUT2D eigenvalue weighted by atomic mass is 10.0. The second-order valence-electron chi connectivity index (χ2n) is 10.6. The molecule has 11 nitrogen and oxygen atoms in total. The molecule has 44 heavy (non-hydrogen) atoms. The number of carbonyl (C=O) groups is 2. The number of amides is 1. The molecule has 0 saturated carbocycles. The Bertz CT molecular complexity index is 1820. The van der Waals surface area contributed by atoms with Crippen LogP contribution in [0.5, 0.6) is 0 Å². The maximum absolute atomic E-state index is 14.0. The number of furan rings is 1. The fourth-order valence-electron chi connectivity index (χ4n) is 5.73. The van der Waals surface area contributed by atoms with Gasteiger partial charge in [-0.25, -0.2) is 14.9 Å². The van der Waals surface area contributed by atoms with Crippen LogP contribution in [0.4, 0.5) is 0 Å². The molecule has 1 unspecified atom stereocenters. The first-order valence-electron chi connectivity index (χ1n) is 14.7. The van der Waals surface area contributed by atoms with Crippen molar-refractivity contribution in [3.63, 3.8) is 0 Å². The van der Waals surface area contributed by atoms with Crippen molar-refractivity contribution in [3.8, 4) is 22.7 Å². The molecule has 1 fully saturated rings. The van der Waals surface area contributed by atoms with Crippen LogP contribution in [0.15, 0.2) is 51.4 Å². The molecule has 6 rings (SSSR count). The van der Waals surface area contributed by atoms with E-state index in [4.69, 9.17) is 20.8 Å². The topological polar surface area (TPSA) is 132 Å².